The molecule has 0 aromatic carbocycles. The number of aromatic nitrogens is 3. The van der Waals surface area contributed by atoms with Gasteiger partial charge in [-0.15, -0.1) is 0 Å². The molecule has 6 heteroatoms. The van der Waals surface area contributed by atoms with Gasteiger partial charge in [0.25, 0.3) is 5.91 Å². The minimum absolute atomic E-state index is 0.168. The van der Waals surface area contributed by atoms with Crippen molar-refractivity contribution in [3.63, 3.8) is 0 Å². The van der Waals surface area contributed by atoms with E-state index < -0.39 is 0 Å². The second kappa shape index (κ2) is 5.97. The highest BCUT2D eigenvalue weighted by molar-refractivity contribution is 9.10. The smallest absolute Gasteiger partial charge is 0.273 e. The van der Waals surface area contributed by atoms with E-state index in [-0.39, 0.29) is 5.91 Å². The number of anilines is 1. The van der Waals surface area contributed by atoms with Crippen LogP contribution in [0.15, 0.2) is 29.0 Å². The molecule has 0 radical (unpaired) electrons. The zero-order chi connectivity index (χ0) is 13.8. The summed E-state index contributed by atoms with van der Waals surface area (Å²) in [7, 11) is 0. The summed E-state index contributed by atoms with van der Waals surface area (Å²) in [5.41, 5.74) is 2.15. The topological polar surface area (TPSA) is 59.8 Å². The second-order valence-electron chi connectivity index (χ2n) is 4.01. The van der Waals surface area contributed by atoms with Crippen LogP contribution < -0.4 is 5.32 Å². The fraction of sp³-hybridized carbons (Fsp3) is 0.308. The molecule has 2 aromatic heterocycles. The number of hydrogen-bond acceptors (Lipinski definition) is 3. The predicted octanol–water partition coefficient (Wildman–Crippen LogP) is 2.88. The minimum Gasteiger partial charge on any atom is -0.319 e. The third kappa shape index (κ3) is 3.20. The fourth-order valence-corrected chi connectivity index (χ4v) is 1.95. The third-order valence-electron chi connectivity index (χ3n) is 2.71. The first-order chi connectivity index (χ1) is 9.13. The zero-order valence-electron chi connectivity index (χ0n) is 10.9. The normalized spacial score (nSPS) is 10.5. The average Bonchev–Trinajstić information content (AvgIpc) is 2.85. The summed E-state index contributed by atoms with van der Waals surface area (Å²) >= 11 is 3.25. The van der Waals surface area contributed by atoms with Gasteiger partial charge in [-0.1, -0.05) is 6.92 Å². The lowest BCUT2D eigenvalue weighted by Gasteiger charge is -2.06. The van der Waals surface area contributed by atoms with Crippen LogP contribution in [-0.2, 0) is 13.0 Å². The van der Waals surface area contributed by atoms with Crippen LogP contribution in [0.5, 0.6) is 0 Å². The van der Waals surface area contributed by atoms with Gasteiger partial charge in [-0.3, -0.25) is 9.48 Å². The van der Waals surface area contributed by atoms with Gasteiger partial charge in [-0.25, -0.2) is 4.98 Å². The Morgan fingerprint density at radius 2 is 2.21 bits per heavy atom. The Kier molecular flexibility index (Phi) is 4.31. The van der Waals surface area contributed by atoms with Crippen LogP contribution in [0, 0.1) is 0 Å². The van der Waals surface area contributed by atoms with Crippen LogP contribution in [0.4, 0.5) is 5.69 Å². The number of carbonyl (C=O) groups is 1. The molecule has 0 fully saturated rings. The summed E-state index contributed by atoms with van der Waals surface area (Å²) in [6.45, 7) is 4.65. The summed E-state index contributed by atoms with van der Waals surface area (Å²) in [6.07, 6.45) is 2.42. The van der Waals surface area contributed by atoms with E-state index in [9.17, 15) is 4.79 Å². The Morgan fingerprint density at radius 1 is 1.42 bits per heavy atom. The molecule has 2 aromatic rings. The van der Waals surface area contributed by atoms with Crippen molar-refractivity contribution in [1.82, 2.24) is 14.8 Å². The van der Waals surface area contributed by atoms with E-state index in [1.165, 1.54) is 0 Å². The van der Waals surface area contributed by atoms with Gasteiger partial charge in [0.15, 0.2) is 0 Å². The molecule has 0 saturated carbocycles. The molecule has 1 amide bonds. The van der Waals surface area contributed by atoms with Gasteiger partial charge >= 0.3 is 0 Å². The molecule has 0 aliphatic heterocycles. The molecular weight excluding hydrogens is 308 g/mol. The molecule has 100 valence electrons. The van der Waals surface area contributed by atoms with Gasteiger partial charge in [0.2, 0.25) is 0 Å². The largest absolute Gasteiger partial charge is 0.319 e. The highest BCUT2D eigenvalue weighted by Crippen LogP contribution is 2.13. The number of pyridine rings is 1. The molecule has 19 heavy (non-hydrogen) atoms. The molecule has 0 unspecified atom stereocenters. The lowest BCUT2D eigenvalue weighted by Crippen LogP contribution is -2.17. The maximum absolute atomic E-state index is 12.2. The molecule has 2 rings (SSSR count). The first-order valence-corrected chi connectivity index (χ1v) is 6.93. The van der Waals surface area contributed by atoms with Gasteiger partial charge in [0, 0.05) is 6.54 Å². The van der Waals surface area contributed by atoms with Crippen molar-refractivity contribution in [3.05, 3.63) is 40.4 Å². The summed E-state index contributed by atoms with van der Waals surface area (Å²) in [6, 6.07) is 5.40. The molecule has 5 nitrogen and oxygen atoms in total. The molecule has 0 aliphatic carbocycles. The van der Waals surface area contributed by atoms with Crippen LogP contribution in [0.25, 0.3) is 0 Å². The first kappa shape index (κ1) is 13.7. The number of aryl methyl sites for hydroxylation is 2. The molecule has 2 heterocycles. The quantitative estimate of drug-likeness (QED) is 0.880. The highest BCUT2D eigenvalue weighted by Gasteiger charge is 2.14. The van der Waals surface area contributed by atoms with E-state index >= 15 is 0 Å². The number of halogens is 1. The number of amides is 1. The van der Waals surface area contributed by atoms with E-state index in [1.807, 2.05) is 19.9 Å². The van der Waals surface area contributed by atoms with Crippen LogP contribution in [0.3, 0.4) is 0 Å². The molecule has 0 bridgehead atoms. The predicted molar refractivity (Wildman–Crippen MR) is 77.2 cm³/mol. The number of nitrogens with one attached hydrogen (secondary N) is 1. The van der Waals surface area contributed by atoms with Crippen LogP contribution in [0.1, 0.15) is 30.0 Å². The van der Waals surface area contributed by atoms with Gasteiger partial charge in [-0.2, -0.15) is 5.10 Å². The van der Waals surface area contributed by atoms with E-state index in [4.69, 9.17) is 0 Å². The zero-order valence-corrected chi connectivity index (χ0v) is 12.4. The maximum Gasteiger partial charge on any atom is 0.273 e. The second-order valence-corrected chi connectivity index (χ2v) is 4.83. The molecule has 0 atom stereocenters. The Hall–Kier alpha value is -1.69. The Balaban J connectivity index is 2.19. The van der Waals surface area contributed by atoms with Gasteiger partial charge < -0.3 is 5.32 Å². The van der Waals surface area contributed by atoms with E-state index in [0.717, 1.165) is 16.7 Å². The summed E-state index contributed by atoms with van der Waals surface area (Å²) in [5.74, 6) is -0.168. The van der Waals surface area contributed by atoms with E-state index in [0.29, 0.717) is 17.9 Å². The standard InChI is InChI=1S/C13H15BrN4O/c1-3-9-7-11(18(4-2)17-9)13(19)16-10-5-6-12(14)15-8-10/h5-8H,3-4H2,1-2H3,(H,16,19). The summed E-state index contributed by atoms with van der Waals surface area (Å²) in [5, 5.41) is 7.17. The minimum atomic E-state index is -0.168. The fourth-order valence-electron chi connectivity index (χ4n) is 1.71. The van der Waals surface area contributed by atoms with Crippen molar-refractivity contribution in [2.24, 2.45) is 0 Å². The van der Waals surface area contributed by atoms with E-state index in [2.05, 4.69) is 31.3 Å². The van der Waals surface area contributed by atoms with Crippen LogP contribution in [-0.4, -0.2) is 20.7 Å². The Labute approximate surface area is 120 Å². The van der Waals surface area contributed by atoms with Crippen molar-refractivity contribution in [1.29, 1.82) is 0 Å². The lowest BCUT2D eigenvalue weighted by molar-refractivity contribution is 0.101. The molecule has 1 N–H and O–H groups in total. The van der Waals surface area contributed by atoms with Crippen molar-refractivity contribution in [3.8, 4) is 0 Å². The molecule has 0 saturated heterocycles. The van der Waals surface area contributed by atoms with Gasteiger partial charge in [-0.05, 0) is 47.5 Å². The third-order valence-corrected chi connectivity index (χ3v) is 3.18. The number of carbonyl (C=O) groups excluding carboxylic acids is 1. The average molecular weight is 323 g/mol. The molecular formula is C13H15BrN4O. The van der Waals surface area contributed by atoms with Crippen molar-refractivity contribution >= 4 is 27.5 Å². The van der Waals surface area contributed by atoms with Crippen molar-refractivity contribution in [2.75, 3.05) is 5.32 Å². The Morgan fingerprint density at radius 3 is 2.79 bits per heavy atom. The van der Waals surface area contributed by atoms with Crippen molar-refractivity contribution < 1.29 is 4.79 Å². The summed E-state index contributed by atoms with van der Waals surface area (Å²) < 4.78 is 2.44. The highest BCUT2D eigenvalue weighted by atomic mass is 79.9. The number of rotatable bonds is 4. The van der Waals surface area contributed by atoms with Crippen LogP contribution >= 0.6 is 15.9 Å². The van der Waals surface area contributed by atoms with Gasteiger partial charge in [0.05, 0.1) is 17.6 Å². The van der Waals surface area contributed by atoms with Gasteiger partial charge in [0.1, 0.15) is 10.3 Å². The summed E-state index contributed by atoms with van der Waals surface area (Å²) in [4.78, 5) is 16.3. The number of nitrogens with zero attached hydrogens (tertiary/aromatic N) is 3. The SMILES string of the molecule is CCc1cc(C(=O)Nc2ccc(Br)nc2)n(CC)n1. The Bertz CT molecular complexity index is 577. The van der Waals surface area contributed by atoms with Crippen molar-refractivity contribution in [2.45, 2.75) is 26.8 Å². The maximum atomic E-state index is 12.2. The molecule has 0 aliphatic rings. The lowest BCUT2D eigenvalue weighted by atomic mass is 10.3. The monoisotopic (exact) mass is 322 g/mol. The van der Waals surface area contributed by atoms with E-state index in [1.54, 1.807) is 23.0 Å². The molecule has 0 spiro atoms. The number of hydrogen-bond donors (Lipinski definition) is 1. The van der Waals surface area contributed by atoms with Crippen LogP contribution in [0.2, 0.25) is 0 Å². The first-order valence-electron chi connectivity index (χ1n) is 6.13.